The highest BCUT2D eigenvalue weighted by Crippen LogP contribution is 2.13. The quantitative estimate of drug-likeness (QED) is 0.479. The molecule has 1 rings (SSSR count). The van der Waals surface area contributed by atoms with Gasteiger partial charge in [-0.15, -0.1) is 0 Å². The van der Waals surface area contributed by atoms with Crippen LogP contribution in [0.5, 0.6) is 0 Å². The van der Waals surface area contributed by atoms with Crippen molar-refractivity contribution < 1.29 is 0 Å². The zero-order valence-electron chi connectivity index (χ0n) is 8.11. The van der Waals surface area contributed by atoms with Crippen molar-refractivity contribution in [2.75, 3.05) is 6.54 Å². The first-order valence-electron chi connectivity index (χ1n) is 4.61. The van der Waals surface area contributed by atoms with E-state index in [0.29, 0.717) is 0 Å². The molecule has 0 bridgehead atoms. The summed E-state index contributed by atoms with van der Waals surface area (Å²) >= 11 is 0. The van der Waals surface area contributed by atoms with Crippen molar-refractivity contribution in [1.82, 2.24) is 0 Å². The van der Waals surface area contributed by atoms with Crippen LogP contribution in [0.25, 0.3) is 0 Å². The van der Waals surface area contributed by atoms with Crippen molar-refractivity contribution >= 4 is 11.6 Å². The minimum absolute atomic E-state index is 0.0831. The van der Waals surface area contributed by atoms with Gasteiger partial charge in [0.1, 0.15) is 0 Å². The largest absolute Gasteiger partial charge is 0.370 e. The highest BCUT2D eigenvalue weighted by atomic mass is 15.0. The summed E-state index contributed by atoms with van der Waals surface area (Å²) in [5, 5.41) is 0. The molecular weight excluding hydrogens is 176 g/mol. The minimum Gasteiger partial charge on any atom is -0.370 e. The maximum atomic E-state index is 5.42. The lowest BCUT2D eigenvalue weighted by Gasteiger charge is -2.00. The van der Waals surface area contributed by atoms with E-state index in [1.54, 1.807) is 0 Å². The average Bonchev–Trinajstić information content (AvgIpc) is 2.16. The van der Waals surface area contributed by atoms with Gasteiger partial charge >= 0.3 is 0 Å². The smallest absolute Gasteiger partial charge is 0.191 e. The van der Waals surface area contributed by atoms with Crippen LogP contribution in [0, 0.1) is 0 Å². The first-order chi connectivity index (χ1) is 6.72. The van der Waals surface area contributed by atoms with Gasteiger partial charge in [-0.2, -0.15) is 0 Å². The lowest BCUT2D eigenvalue weighted by molar-refractivity contribution is 0.833. The summed E-state index contributed by atoms with van der Waals surface area (Å²) in [6.45, 7) is 0.718. The molecule has 0 aliphatic carbocycles. The van der Waals surface area contributed by atoms with Gasteiger partial charge < -0.3 is 17.2 Å². The Morgan fingerprint density at radius 1 is 1.14 bits per heavy atom. The molecule has 1 aromatic carbocycles. The van der Waals surface area contributed by atoms with E-state index >= 15 is 0 Å². The van der Waals surface area contributed by atoms with Gasteiger partial charge in [-0.1, -0.05) is 12.1 Å². The Morgan fingerprint density at radius 2 is 1.79 bits per heavy atom. The number of aliphatic imine (C=N–C) groups is 1. The molecule has 76 valence electrons. The predicted molar refractivity (Wildman–Crippen MR) is 59.3 cm³/mol. The third-order valence-electron chi connectivity index (χ3n) is 1.86. The van der Waals surface area contributed by atoms with Gasteiger partial charge in [0.15, 0.2) is 5.96 Å². The number of aryl methyl sites for hydroxylation is 1. The Bertz CT molecular complexity index is 298. The molecule has 0 atom stereocenters. The Hall–Kier alpha value is -1.55. The summed E-state index contributed by atoms with van der Waals surface area (Å²) in [5.41, 5.74) is 18.0. The molecule has 4 heteroatoms. The number of guanidine groups is 1. The Balaban J connectivity index is 2.64. The number of nitrogens with zero attached hydrogens (tertiary/aromatic N) is 1. The van der Waals surface area contributed by atoms with Crippen LogP contribution in [-0.2, 0) is 6.42 Å². The van der Waals surface area contributed by atoms with E-state index in [2.05, 4.69) is 4.99 Å². The first kappa shape index (κ1) is 10.5. The normalized spacial score (nSPS) is 9.79. The van der Waals surface area contributed by atoms with Crippen LogP contribution in [0.3, 0.4) is 0 Å². The summed E-state index contributed by atoms with van der Waals surface area (Å²) in [7, 11) is 0. The van der Waals surface area contributed by atoms with Crippen molar-refractivity contribution in [1.29, 1.82) is 0 Å². The van der Waals surface area contributed by atoms with Crippen LogP contribution in [0.1, 0.15) is 12.0 Å². The minimum atomic E-state index is 0.0831. The van der Waals surface area contributed by atoms with Gasteiger partial charge in [0, 0.05) is 0 Å². The molecule has 0 amide bonds. The van der Waals surface area contributed by atoms with Crippen molar-refractivity contribution in [3.8, 4) is 0 Å². The maximum Gasteiger partial charge on any atom is 0.191 e. The topological polar surface area (TPSA) is 90.4 Å². The number of hydrogen-bond donors (Lipinski definition) is 3. The molecule has 0 unspecified atom stereocenters. The molecule has 6 N–H and O–H groups in total. The molecule has 4 nitrogen and oxygen atoms in total. The van der Waals surface area contributed by atoms with Gasteiger partial charge in [-0.3, -0.25) is 0 Å². The highest BCUT2D eigenvalue weighted by Gasteiger charge is 1.93. The maximum absolute atomic E-state index is 5.42. The number of benzene rings is 1. The van der Waals surface area contributed by atoms with Gasteiger partial charge in [0.25, 0.3) is 0 Å². The first-order valence-corrected chi connectivity index (χ1v) is 4.61. The van der Waals surface area contributed by atoms with Crippen LogP contribution in [0.15, 0.2) is 29.3 Å². The molecule has 0 aromatic heterocycles. The average molecular weight is 192 g/mol. The molecule has 0 aliphatic rings. The fraction of sp³-hybridized carbons (Fsp3) is 0.300. The molecule has 0 saturated carbocycles. The summed E-state index contributed by atoms with van der Waals surface area (Å²) in [6, 6.07) is 7.81. The van der Waals surface area contributed by atoms with Gasteiger partial charge in [-0.25, -0.2) is 4.99 Å². The Labute approximate surface area is 83.8 Å². The lowest BCUT2D eigenvalue weighted by Crippen LogP contribution is -2.21. The highest BCUT2D eigenvalue weighted by molar-refractivity contribution is 5.78. The van der Waals surface area contributed by atoms with E-state index in [0.717, 1.165) is 25.1 Å². The molecule has 0 heterocycles. The Kier molecular flexibility index (Phi) is 3.94. The van der Waals surface area contributed by atoms with Crippen molar-refractivity contribution in [3.63, 3.8) is 0 Å². The molecule has 1 aromatic rings. The third-order valence-corrected chi connectivity index (χ3v) is 1.86. The van der Waals surface area contributed by atoms with E-state index in [1.165, 1.54) is 5.56 Å². The molecular formula is C10H16N4. The van der Waals surface area contributed by atoms with Crippen LogP contribution in [0.2, 0.25) is 0 Å². The molecule has 0 radical (unpaired) electrons. The van der Waals surface area contributed by atoms with E-state index in [4.69, 9.17) is 17.2 Å². The SMILES string of the molecule is NCCCc1ccc(N=C(N)N)cc1. The lowest BCUT2D eigenvalue weighted by atomic mass is 10.1. The van der Waals surface area contributed by atoms with Gasteiger partial charge in [0.2, 0.25) is 0 Å². The summed E-state index contributed by atoms with van der Waals surface area (Å²) in [6.07, 6.45) is 2.00. The second-order valence-corrected chi connectivity index (χ2v) is 3.10. The monoisotopic (exact) mass is 192 g/mol. The van der Waals surface area contributed by atoms with Crippen LogP contribution >= 0.6 is 0 Å². The predicted octanol–water partition coefficient (Wildman–Crippen LogP) is 0.483. The van der Waals surface area contributed by atoms with Gasteiger partial charge in [-0.05, 0) is 37.1 Å². The summed E-state index contributed by atoms with van der Waals surface area (Å²) < 4.78 is 0. The molecule has 0 aliphatic heterocycles. The zero-order valence-corrected chi connectivity index (χ0v) is 8.11. The van der Waals surface area contributed by atoms with Crippen molar-refractivity contribution in [3.05, 3.63) is 29.8 Å². The van der Waals surface area contributed by atoms with E-state index in [1.807, 2.05) is 24.3 Å². The summed E-state index contributed by atoms with van der Waals surface area (Å²) in [5.74, 6) is 0.0831. The van der Waals surface area contributed by atoms with Crippen molar-refractivity contribution in [2.24, 2.45) is 22.2 Å². The van der Waals surface area contributed by atoms with E-state index in [9.17, 15) is 0 Å². The van der Waals surface area contributed by atoms with Crippen LogP contribution in [0.4, 0.5) is 5.69 Å². The fourth-order valence-electron chi connectivity index (χ4n) is 1.19. The molecule has 0 saturated heterocycles. The zero-order chi connectivity index (χ0) is 10.4. The molecule has 0 spiro atoms. The second kappa shape index (κ2) is 5.24. The van der Waals surface area contributed by atoms with Gasteiger partial charge in [0.05, 0.1) is 5.69 Å². The van der Waals surface area contributed by atoms with E-state index in [-0.39, 0.29) is 5.96 Å². The molecule has 14 heavy (non-hydrogen) atoms. The third kappa shape index (κ3) is 3.45. The number of hydrogen-bond acceptors (Lipinski definition) is 2. The van der Waals surface area contributed by atoms with Crippen LogP contribution in [-0.4, -0.2) is 12.5 Å². The Morgan fingerprint density at radius 3 is 2.29 bits per heavy atom. The number of nitrogens with two attached hydrogens (primary N) is 3. The molecule has 0 fully saturated rings. The van der Waals surface area contributed by atoms with Crippen LogP contribution < -0.4 is 17.2 Å². The standard InChI is InChI=1S/C10H16N4/c11-7-1-2-8-3-5-9(6-4-8)14-10(12)13/h3-6H,1-2,7,11H2,(H4,12,13,14). The summed E-state index contributed by atoms with van der Waals surface area (Å²) in [4.78, 5) is 3.93. The second-order valence-electron chi connectivity index (χ2n) is 3.10. The number of rotatable bonds is 4. The fourth-order valence-corrected chi connectivity index (χ4v) is 1.19. The van der Waals surface area contributed by atoms with Crippen molar-refractivity contribution in [2.45, 2.75) is 12.8 Å². The van der Waals surface area contributed by atoms with E-state index < -0.39 is 0 Å².